The molecule has 0 saturated heterocycles. The van der Waals surface area contributed by atoms with Crippen molar-refractivity contribution in [3.8, 4) is 0 Å². The van der Waals surface area contributed by atoms with E-state index < -0.39 is 0 Å². The van der Waals surface area contributed by atoms with E-state index in [1.165, 1.54) is 10.4 Å². The third-order valence-electron chi connectivity index (χ3n) is 1.97. The van der Waals surface area contributed by atoms with Crippen molar-refractivity contribution in [1.29, 1.82) is 0 Å². The molecule has 0 N–H and O–H groups in total. The van der Waals surface area contributed by atoms with Gasteiger partial charge in [-0.05, 0) is 13.5 Å². The van der Waals surface area contributed by atoms with Crippen molar-refractivity contribution >= 4 is 19.6 Å². The molecule has 1 atom stereocenters. The van der Waals surface area contributed by atoms with E-state index in [1.54, 1.807) is 0 Å². The highest BCUT2D eigenvalue weighted by Crippen LogP contribution is 1.94. The molecule has 0 spiro atoms. The van der Waals surface area contributed by atoms with E-state index in [4.69, 9.17) is 4.43 Å². The maximum Gasteiger partial charge on any atom is 0.387 e. The number of nitrogens with zero attached hydrogens (tertiary/aromatic N) is 1. The Hall–Kier alpha value is 0.354. The number of quaternary nitrogens is 1. The van der Waals surface area contributed by atoms with Crippen LogP contribution < -0.4 is 0 Å². The van der Waals surface area contributed by atoms with Gasteiger partial charge in [0, 0.05) is 20.7 Å². The lowest BCUT2D eigenvalue weighted by Gasteiger charge is -2.33. The number of hydrogen-bond donors (Lipinski definition) is 0. The normalized spacial score (nSPS) is 20.0. The summed E-state index contributed by atoms with van der Waals surface area (Å²) < 4.78 is 6.52. The summed E-state index contributed by atoms with van der Waals surface area (Å²) in [6.07, 6.45) is 0. The van der Waals surface area contributed by atoms with Crippen molar-refractivity contribution in [2.75, 3.05) is 20.7 Å². The molecule has 0 bridgehead atoms. The molecule has 0 aromatic carbocycles. The summed E-state index contributed by atoms with van der Waals surface area (Å²) in [5.41, 5.74) is 0. The molecule has 0 rings (SSSR count). The average molecular weight is 164 g/mol. The average Bonchev–Trinajstić information content (AvgIpc) is 1.89. The van der Waals surface area contributed by atoms with Gasteiger partial charge in [0.05, 0.1) is 0 Å². The summed E-state index contributed by atoms with van der Waals surface area (Å²) in [5.74, 6) is 0. The Morgan fingerprint density at radius 3 is 2.22 bits per heavy atom. The summed E-state index contributed by atoms with van der Waals surface area (Å²) in [6.45, 7) is 5.88. The first-order valence-electron chi connectivity index (χ1n) is 3.51. The van der Waals surface area contributed by atoms with Crippen LogP contribution in [0.1, 0.15) is 6.92 Å². The first kappa shape index (κ1) is 9.35. The van der Waals surface area contributed by atoms with Crippen LogP contribution >= 0.6 is 0 Å². The first-order valence-corrected chi connectivity index (χ1v) is 6.76. The topological polar surface area (TPSA) is 9.23 Å². The third kappa shape index (κ3) is 3.15. The highest BCUT2D eigenvalue weighted by atomic mass is 28.3. The molecule has 9 heavy (non-hydrogen) atoms. The lowest BCUT2D eigenvalue weighted by Crippen LogP contribution is -2.49. The smallest absolute Gasteiger partial charge is 0.387 e. The van der Waals surface area contributed by atoms with E-state index in [1.807, 2.05) is 7.11 Å². The fraction of sp³-hybridized carbons (Fsp3) is 1.00. The van der Waals surface area contributed by atoms with Crippen LogP contribution in [-0.2, 0) is 4.43 Å². The minimum absolute atomic E-state index is 0.0947. The Morgan fingerprint density at radius 1 is 1.56 bits per heavy atom. The van der Waals surface area contributed by atoms with Crippen LogP contribution in [-0.4, -0.2) is 44.1 Å². The zero-order chi connectivity index (χ0) is 7.33. The zero-order valence-corrected chi connectivity index (χ0v) is 9.81. The summed E-state index contributed by atoms with van der Waals surface area (Å²) in [5, 5.41) is 0. The zero-order valence-electron chi connectivity index (χ0n) is 6.98. The second-order valence-electron chi connectivity index (χ2n) is 2.67. The Balaban J connectivity index is 3.62. The van der Waals surface area contributed by atoms with Gasteiger partial charge in [0.2, 0.25) is 9.68 Å². The van der Waals surface area contributed by atoms with Crippen LogP contribution in [0.5, 0.6) is 0 Å². The van der Waals surface area contributed by atoms with E-state index in [0.29, 0.717) is 0 Å². The highest BCUT2D eigenvalue weighted by molar-refractivity contribution is 6.36. The van der Waals surface area contributed by atoms with Crippen LogP contribution in [0.3, 0.4) is 0 Å². The summed E-state index contributed by atoms with van der Waals surface area (Å²) >= 11 is 0. The molecular formula is C5H18NOSi2+. The predicted octanol–water partition coefficient (Wildman–Crippen LogP) is -0.770. The molecule has 0 amide bonds. The van der Waals surface area contributed by atoms with E-state index in [0.717, 1.165) is 0 Å². The van der Waals surface area contributed by atoms with E-state index in [9.17, 15) is 0 Å². The van der Waals surface area contributed by atoms with Crippen molar-refractivity contribution < 1.29 is 8.24 Å². The SMILES string of the molecule is CC[N+](C)([SiH2]C)[SiH2]OC. The molecule has 56 valence electrons. The largest absolute Gasteiger partial charge is 0.435 e. The maximum atomic E-state index is 5.23. The van der Waals surface area contributed by atoms with E-state index in [2.05, 4.69) is 20.5 Å². The summed E-state index contributed by atoms with van der Waals surface area (Å²) in [4.78, 5) is 0. The number of rotatable bonds is 4. The van der Waals surface area contributed by atoms with Crippen molar-refractivity contribution in [2.24, 2.45) is 0 Å². The lowest BCUT2D eigenvalue weighted by atomic mass is 10.8. The van der Waals surface area contributed by atoms with E-state index >= 15 is 0 Å². The molecule has 2 nitrogen and oxygen atoms in total. The number of hydrogen-bond acceptors (Lipinski definition) is 1. The van der Waals surface area contributed by atoms with Gasteiger partial charge in [0.15, 0.2) is 0 Å². The molecule has 0 aromatic rings. The van der Waals surface area contributed by atoms with Gasteiger partial charge in [-0.3, -0.25) is 0 Å². The van der Waals surface area contributed by atoms with Gasteiger partial charge in [-0.25, -0.2) is 0 Å². The van der Waals surface area contributed by atoms with Gasteiger partial charge in [-0.2, -0.15) is 0 Å². The third-order valence-corrected chi connectivity index (χ3v) is 7.16. The van der Waals surface area contributed by atoms with Crippen molar-refractivity contribution in [2.45, 2.75) is 13.5 Å². The van der Waals surface area contributed by atoms with Crippen LogP contribution in [0.25, 0.3) is 0 Å². The molecule has 0 radical (unpaired) electrons. The van der Waals surface area contributed by atoms with Gasteiger partial charge < -0.3 is 8.24 Å². The molecule has 0 saturated carbocycles. The minimum Gasteiger partial charge on any atom is -0.435 e. The fourth-order valence-corrected chi connectivity index (χ4v) is 3.25. The first-order chi connectivity index (χ1) is 4.18. The molecule has 0 aliphatic carbocycles. The predicted molar refractivity (Wildman–Crippen MR) is 46.7 cm³/mol. The molecule has 0 aliphatic heterocycles. The maximum absolute atomic E-state index is 5.23. The quantitative estimate of drug-likeness (QED) is 0.496. The Morgan fingerprint density at radius 2 is 2.11 bits per heavy atom. The van der Waals surface area contributed by atoms with Crippen LogP contribution in [0.2, 0.25) is 6.55 Å². The monoisotopic (exact) mass is 164 g/mol. The van der Waals surface area contributed by atoms with Crippen LogP contribution in [0.15, 0.2) is 0 Å². The van der Waals surface area contributed by atoms with Crippen molar-refractivity contribution in [3.63, 3.8) is 0 Å². The van der Waals surface area contributed by atoms with Gasteiger partial charge in [0.25, 0.3) is 0 Å². The van der Waals surface area contributed by atoms with Crippen molar-refractivity contribution in [3.05, 3.63) is 0 Å². The van der Waals surface area contributed by atoms with Crippen LogP contribution in [0, 0.1) is 0 Å². The second-order valence-corrected chi connectivity index (χ2v) is 8.09. The lowest BCUT2D eigenvalue weighted by molar-refractivity contribution is -0.686. The Bertz CT molecular complexity index is 75.4. The molecule has 1 unspecified atom stereocenters. The standard InChI is InChI=1S/C5H18NOSi2/c1-5-6(2,8-4)9-7-3/h5,8-9H2,1-4H3/q+1. The minimum atomic E-state index is -0.262. The van der Waals surface area contributed by atoms with E-state index in [-0.39, 0.29) is 19.6 Å². The summed E-state index contributed by atoms with van der Waals surface area (Å²) in [7, 11) is 3.99. The molecule has 0 aromatic heterocycles. The van der Waals surface area contributed by atoms with Gasteiger partial charge in [0.1, 0.15) is 0 Å². The summed E-state index contributed by atoms with van der Waals surface area (Å²) in [6, 6.07) is 0. The van der Waals surface area contributed by atoms with Gasteiger partial charge in [-0.15, -0.1) is 0 Å². The van der Waals surface area contributed by atoms with Gasteiger partial charge in [-0.1, -0.05) is 0 Å². The van der Waals surface area contributed by atoms with Crippen molar-refractivity contribution in [1.82, 2.24) is 0 Å². The molecule has 4 heteroatoms. The molecule has 0 heterocycles. The van der Waals surface area contributed by atoms with Crippen LogP contribution in [0.4, 0.5) is 0 Å². The highest BCUT2D eigenvalue weighted by Gasteiger charge is 2.14. The Kier molecular flexibility index (Phi) is 4.38. The van der Waals surface area contributed by atoms with Gasteiger partial charge >= 0.3 is 9.92 Å². The molecular weight excluding hydrogens is 146 g/mol. The second kappa shape index (κ2) is 4.21. The molecule has 0 fully saturated rings. The molecule has 0 aliphatic rings. The Labute approximate surface area is 62.7 Å². The fourth-order valence-electron chi connectivity index (χ4n) is 0.718.